The van der Waals surface area contributed by atoms with E-state index in [1.807, 2.05) is 4.90 Å². The van der Waals surface area contributed by atoms with Gasteiger partial charge in [-0.15, -0.1) is 12.4 Å². The molecule has 2 heterocycles. The summed E-state index contributed by atoms with van der Waals surface area (Å²) in [6.45, 7) is 3.84. The number of methoxy groups -OCH3 is 1. The molecule has 1 amide bonds. The van der Waals surface area contributed by atoms with Gasteiger partial charge >= 0.3 is 0 Å². The van der Waals surface area contributed by atoms with Crippen molar-refractivity contribution >= 4 is 18.3 Å². The first-order valence-corrected chi connectivity index (χ1v) is 6.74. The highest BCUT2D eigenvalue weighted by molar-refractivity contribution is 5.91. The largest absolute Gasteiger partial charge is 0.453 e. The number of nitrogens with two attached hydrogens (primary N) is 1. The van der Waals surface area contributed by atoms with Crippen molar-refractivity contribution in [2.24, 2.45) is 11.7 Å². The van der Waals surface area contributed by atoms with Crippen molar-refractivity contribution in [1.82, 2.24) is 4.90 Å². The number of hydrogen-bond donors (Lipinski definition) is 1. The van der Waals surface area contributed by atoms with E-state index in [1.54, 1.807) is 19.2 Å². The van der Waals surface area contributed by atoms with Crippen molar-refractivity contribution in [2.75, 3.05) is 20.2 Å². The molecule has 0 aliphatic carbocycles. The van der Waals surface area contributed by atoms with Crippen LogP contribution in [0.5, 0.6) is 0 Å². The number of halogens is 1. The van der Waals surface area contributed by atoms with Gasteiger partial charge in [0.2, 0.25) is 0 Å². The minimum atomic E-state index is -0.0651. The number of amides is 1. The van der Waals surface area contributed by atoms with E-state index in [1.165, 1.54) is 0 Å². The molecule has 1 fully saturated rings. The Hall–Kier alpha value is -1.04. The van der Waals surface area contributed by atoms with Crippen LogP contribution < -0.4 is 5.73 Å². The molecule has 5 nitrogen and oxygen atoms in total. The van der Waals surface area contributed by atoms with Gasteiger partial charge in [-0.1, -0.05) is 6.92 Å². The third-order valence-corrected chi connectivity index (χ3v) is 3.67. The fourth-order valence-corrected chi connectivity index (χ4v) is 2.60. The van der Waals surface area contributed by atoms with Crippen molar-refractivity contribution < 1.29 is 13.9 Å². The first-order chi connectivity index (χ1) is 9.15. The fraction of sp³-hybridized carbons (Fsp3) is 0.643. The van der Waals surface area contributed by atoms with Crippen LogP contribution >= 0.6 is 12.4 Å². The number of hydrogen-bond acceptors (Lipinski definition) is 4. The number of nitrogens with zero attached hydrogens (tertiary/aromatic N) is 1. The van der Waals surface area contributed by atoms with Crippen LogP contribution in [-0.2, 0) is 11.3 Å². The van der Waals surface area contributed by atoms with Crippen LogP contribution in [0.25, 0.3) is 0 Å². The Morgan fingerprint density at radius 3 is 2.95 bits per heavy atom. The van der Waals surface area contributed by atoms with Gasteiger partial charge in [-0.25, -0.2) is 0 Å². The average molecular weight is 303 g/mol. The predicted molar refractivity (Wildman–Crippen MR) is 78.9 cm³/mol. The monoisotopic (exact) mass is 302 g/mol. The summed E-state index contributed by atoms with van der Waals surface area (Å²) in [5.74, 6) is 1.60. The Morgan fingerprint density at radius 1 is 1.55 bits per heavy atom. The van der Waals surface area contributed by atoms with Gasteiger partial charge in [-0.3, -0.25) is 4.79 Å². The third kappa shape index (κ3) is 3.75. The van der Waals surface area contributed by atoms with Gasteiger partial charge in [0.15, 0.2) is 5.76 Å². The van der Waals surface area contributed by atoms with E-state index in [-0.39, 0.29) is 24.4 Å². The molecule has 114 valence electrons. The lowest BCUT2D eigenvalue weighted by atomic mass is 9.92. The van der Waals surface area contributed by atoms with Crippen molar-refractivity contribution in [1.29, 1.82) is 0 Å². The zero-order chi connectivity index (χ0) is 13.8. The van der Waals surface area contributed by atoms with Crippen molar-refractivity contribution in [3.63, 3.8) is 0 Å². The van der Waals surface area contributed by atoms with Gasteiger partial charge in [-0.2, -0.15) is 0 Å². The summed E-state index contributed by atoms with van der Waals surface area (Å²) in [6, 6.07) is 3.61. The summed E-state index contributed by atoms with van der Waals surface area (Å²) in [4.78, 5) is 14.3. The van der Waals surface area contributed by atoms with Crippen molar-refractivity contribution in [3.8, 4) is 0 Å². The third-order valence-electron chi connectivity index (χ3n) is 3.67. The number of carbonyl (C=O) groups is 1. The van der Waals surface area contributed by atoms with E-state index >= 15 is 0 Å². The predicted octanol–water partition coefficient (Wildman–Crippen LogP) is 2.05. The number of carbonyl (C=O) groups excluding carboxylic acids is 1. The lowest BCUT2D eigenvalue weighted by Crippen LogP contribution is -2.49. The lowest BCUT2D eigenvalue weighted by Gasteiger charge is -2.37. The van der Waals surface area contributed by atoms with Gasteiger partial charge in [0.05, 0.1) is 0 Å². The Bertz CT molecular complexity index is 436. The maximum Gasteiger partial charge on any atom is 0.289 e. The van der Waals surface area contributed by atoms with Gasteiger partial charge in [0.1, 0.15) is 12.4 Å². The molecule has 0 bridgehead atoms. The minimum absolute atomic E-state index is 0. The summed E-state index contributed by atoms with van der Waals surface area (Å²) in [5.41, 5.74) is 5.78. The molecule has 2 rings (SSSR count). The van der Waals surface area contributed by atoms with Gasteiger partial charge < -0.3 is 19.8 Å². The Labute approximate surface area is 125 Å². The van der Waals surface area contributed by atoms with Crippen LogP contribution in [0.1, 0.15) is 36.1 Å². The second kappa shape index (κ2) is 7.67. The van der Waals surface area contributed by atoms with Gasteiger partial charge in [0, 0.05) is 26.2 Å². The van der Waals surface area contributed by atoms with Crippen LogP contribution in [-0.4, -0.2) is 37.0 Å². The molecule has 2 unspecified atom stereocenters. The Morgan fingerprint density at radius 2 is 2.30 bits per heavy atom. The van der Waals surface area contributed by atoms with E-state index < -0.39 is 0 Å². The molecule has 0 spiro atoms. The van der Waals surface area contributed by atoms with Crippen LogP contribution in [0, 0.1) is 5.92 Å². The summed E-state index contributed by atoms with van der Waals surface area (Å²) in [5, 5.41) is 0. The highest BCUT2D eigenvalue weighted by Gasteiger charge is 2.30. The molecule has 1 aliphatic heterocycles. The van der Waals surface area contributed by atoms with E-state index in [9.17, 15) is 4.79 Å². The fourth-order valence-electron chi connectivity index (χ4n) is 2.60. The molecule has 1 aromatic heterocycles. The van der Waals surface area contributed by atoms with E-state index in [0.717, 1.165) is 19.4 Å². The summed E-state index contributed by atoms with van der Waals surface area (Å²) in [7, 11) is 1.60. The van der Waals surface area contributed by atoms with Gasteiger partial charge in [-0.05, 0) is 30.9 Å². The van der Waals surface area contributed by atoms with Crippen LogP contribution in [0.3, 0.4) is 0 Å². The molecule has 0 saturated carbocycles. The topological polar surface area (TPSA) is 68.7 Å². The van der Waals surface area contributed by atoms with Crippen molar-refractivity contribution in [3.05, 3.63) is 23.7 Å². The molecule has 6 heteroatoms. The maximum atomic E-state index is 12.4. The average Bonchev–Trinajstić information content (AvgIpc) is 2.87. The maximum absolute atomic E-state index is 12.4. The molecular formula is C14H23ClN2O3. The van der Waals surface area contributed by atoms with Crippen LogP contribution in [0.2, 0.25) is 0 Å². The Balaban J connectivity index is 0.00000200. The molecule has 2 N–H and O–H groups in total. The zero-order valence-corrected chi connectivity index (χ0v) is 12.8. The molecular weight excluding hydrogens is 280 g/mol. The number of rotatable bonds is 4. The second-order valence-corrected chi connectivity index (χ2v) is 5.22. The molecule has 1 aliphatic rings. The van der Waals surface area contributed by atoms with Crippen LogP contribution in [0.15, 0.2) is 16.5 Å². The normalized spacial score (nSPS) is 22.4. The summed E-state index contributed by atoms with van der Waals surface area (Å²) >= 11 is 0. The van der Waals surface area contributed by atoms with Gasteiger partial charge in [0.25, 0.3) is 5.91 Å². The quantitative estimate of drug-likeness (QED) is 0.924. The molecule has 1 aromatic rings. The van der Waals surface area contributed by atoms with E-state index in [0.29, 0.717) is 30.6 Å². The van der Waals surface area contributed by atoms with E-state index in [4.69, 9.17) is 14.9 Å². The smallest absolute Gasteiger partial charge is 0.289 e. The highest BCUT2D eigenvalue weighted by Crippen LogP contribution is 2.24. The minimum Gasteiger partial charge on any atom is -0.453 e. The first kappa shape index (κ1) is 17.0. The highest BCUT2D eigenvalue weighted by atomic mass is 35.5. The molecule has 20 heavy (non-hydrogen) atoms. The lowest BCUT2D eigenvalue weighted by molar-refractivity contribution is 0.0535. The number of furan rings is 1. The van der Waals surface area contributed by atoms with Crippen LogP contribution in [0.4, 0.5) is 0 Å². The number of likely N-dealkylation sites (tertiary alicyclic amines) is 1. The first-order valence-electron chi connectivity index (χ1n) is 6.74. The summed E-state index contributed by atoms with van der Waals surface area (Å²) in [6.07, 6.45) is 1.99. The van der Waals surface area contributed by atoms with E-state index in [2.05, 4.69) is 6.92 Å². The standard InChI is InChI=1S/C14H22N2O3.ClH/c1-10-5-6-16(11(7-10)8-15)14(17)13-4-3-12(19-13)9-18-2;/h3-4,10-11H,5-9,15H2,1-2H3;1H. The number of piperidine rings is 1. The van der Waals surface area contributed by atoms with Crippen molar-refractivity contribution in [2.45, 2.75) is 32.4 Å². The summed E-state index contributed by atoms with van der Waals surface area (Å²) < 4.78 is 10.5. The molecule has 0 radical (unpaired) electrons. The number of ether oxygens (including phenoxy) is 1. The second-order valence-electron chi connectivity index (χ2n) is 5.22. The SMILES string of the molecule is COCc1ccc(C(=O)N2CCC(C)CC2CN)o1.Cl. The molecule has 0 aromatic carbocycles. The molecule has 2 atom stereocenters. The Kier molecular flexibility index (Phi) is 6.52. The molecule has 1 saturated heterocycles. The zero-order valence-electron chi connectivity index (χ0n) is 12.0.